The molecule has 0 spiro atoms. The highest BCUT2D eigenvalue weighted by atomic mass is 31.2. The lowest BCUT2D eigenvalue weighted by atomic mass is 10.1. The van der Waals surface area contributed by atoms with Crippen molar-refractivity contribution in [3.8, 4) is 11.5 Å². The average molecular weight is 511 g/mol. The normalized spacial score (nSPS) is 13.4. The largest absolute Gasteiger partial charge is 0.494 e. The molecule has 0 saturated heterocycles. The van der Waals surface area contributed by atoms with Crippen LogP contribution in [0.15, 0.2) is 78.4 Å². The van der Waals surface area contributed by atoms with E-state index in [1.54, 1.807) is 18.2 Å². The van der Waals surface area contributed by atoms with Gasteiger partial charge in [-0.15, -0.1) is 0 Å². The average Bonchev–Trinajstić information content (AvgIpc) is 2.87. The van der Waals surface area contributed by atoms with Crippen LogP contribution in [0.4, 0.5) is 5.69 Å². The summed E-state index contributed by atoms with van der Waals surface area (Å²) in [7, 11) is -4.24. The lowest BCUT2D eigenvalue weighted by molar-refractivity contribution is 0.244. The van der Waals surface area contributed by atoms with Crippen LogP contribution in [-0.4, -0.2) is 18.1 Å². The van der Waals surface area contributed by atoms with E-state index in [-0.39, 0.29) is 6.61 Å². The molecule has 3 aromatic carbocycles. The molecule has 0 amide bonds. The number of benzene rings is 3. The Labute approximate surface area is 213 Å². The summed E-state index contributed by atoms with van der Waals surface area (Å²) in [6, 6.07) is 21.9. The third kappa shape index (κ3) is 7.37. The maximum atomic E-state index is 13.7. The number of hydrogen-bond acceptors (Lipinski definition) is 6. The third-order valence-corrected chi connectivity index (χ3v) is 7.04. The molecule has 0 fully saturated rings. The molecule has 0 saturated carbocycles. The molecule has 0 radical (unpaired) electrons. The minimum Gasteiger partial charge on any atom is -0.494 e. The zero-order valence-corrected chi connectivity index (χ0v) is 22.1. The predicted molar refractivity (Wildman–Crippen MR) is 145 cm³/mol. The number of allylic oxidation sites excluding steroid dienone is 1. The first kappa shape index (κ1) is 27.3. The summed E-state index contributed by atoms with van der Waals surface area (Å²) < 4.78 is 30.7. The van der Waals surface area contributed by atoms with Crippen molar-refractivity contribution in [2.75, 3.05) is 18.5 Å². The van der Waals surface area contributed by atoms with Gasteiger partial charge in [-0.2, -0.15) is 0 Å². The molecule has 3 aromatic rings. The van der Waals surface area contributed by atoms with E-state index in [4.69, 9.17) is 19.7 Å². The first-order chi connectivity index (χ1) is 17.2. The predicted octanol–water partition coefficient (Wildman–Crippen LogP) is 6.71. The van der Waals surface area contributed by atoms with Crippen molar-refractivity contribution < 1.29 is 23.5 Å². The van der Waals surface area contributed by atoms with Gasteiger partial charge < -0.3 is 29.9 Å². The van der Waals surface area contributed by atoms with E-state index >= 15 is 0 Å². The molecule has 0 aliphatic carbocycles. The van der Waals surface area contributed by atoms with E-state index < -0.39 is 13.4 Å². The van der Waals surface area contributed by atoms with Crippen LogP contribution in [-0.2, 0) is 15.7 Å². The van der Waals surface area contributed by atoms with Crippen molar-refractivity contribution in [3.05, 3.63) is 95.1 Å². The van der Waals surface area contributed by atoms with Crippen LogP contribution in [0.5, 0.6) is 11.5 Å². The van der Waals surface area contributed by atoms with Crippen molar-refractivity contribution in [1.29, 1.82) is 0 Å². The Balaban J connectivity index is 1.99. The Morgan fingerprint density at radius 2 is 1.53 bits per heavy atom. The SMILES string of the molecule is CCOc1cc(OCC)cc(C(Nc2ccc(C(N)=C(C)C)cc2)P(=O)(O)OCc2ccccc2)c1. The fraction of sp³-hybridized carbons (Fsp3) is 0.286. The molecule has 7 nitrogen and oxygen atoms in total. The molecule has 0 bridgehead atoms. The first-order valence-corrected chi connectivity index (χ1v) is 13.6. The summed E-state index contributed by atoms with van der Waals surface area (Å²) in [5.74, 6) is 0.00690. The Kier molecular flexibility index (Phi) is 9.59. The van der Waals surface area contributed by atoms with Crippen LogP contribution < -0.4 is 20.5 Å². The van der Waals surface area contributed by atoms with E-state index in [9.17, 15) is 9.46 Å². The van der Waals surface area contributed by atoms with E-state index in [1.807, 2.05) is 82.3 Å². The quantitative estimate of drug-likeness (QED) is 0.233. The maximum Gasteiger partial charge on any atom is 0.355 e. The van der Waals surface area contributed by atoms with E-state index in [2.05, 4.69) is 5.32 Å². The van der Waals surface area contributed by atoms with Gasteiger partial charge in [-0.3, -0.25) is 4.57 Å². The summed E-state index contributed by atoms with van der Waals surface area (Å²) in [6.07, 6.45) is 0. The second kappa shape index (κ2) is 12.6. The molecule has 192 valence electrons. The molecule has 4 N–H and O–H groups in total. The highest BCUT2D eigenvalue weighted by Gasteiger charge is 2.35. The molecular formula is C28H35N2O5P. The second-order valence-electron chi connectivity index (χ2n) is 8.46. The number of nitrogens with one attached hydrogen (secondary N) is 1. The highest BCUT2D eigenvalue weighted by molar-refractivity contribution is 7.53. The maximum absolute atomic E-state index is 13.7. The van der Waals surface area contributed by atoms with Crippen LogP contribution in [0, 0.1) is 0 Å². The van der Waals surface area contributed by atoms with Gasteiger partial charge in [0, 0.05) is 17.5 Å². The van der Waals surface area contributed by atoms with Crippen molar-refractivity contribution >= 4 is 19.0 Å². The standard InChI is InChI=1S/C28H35N2O5P/c1-5-33-25-16-23(17-26(18-25)34-6-2)28(36(31,32)35-19-21-10-8-7-9-11-21)30-24-14-12-22(13-15-24)27(29)20(3)4/h7-18,28,30H,5-6,19,29H2,1-4H3,(H,31,32). The number of ether oxygens (including phenoxy) is 2. The number of hydrogen-bond donors (Lipinski definition) is 3. The van der Waals surface area contributed by atoms with Gasteiger partial charge in [0.05, 0.1) is 19.8 Å². The van der Waals surface area contributed by atoms with E-state index in [0.717, 1.165) is 16.7 Å². The van der Waals surface area contributed by atoms with Gasteiger partial charge in [0.25, 0.3) is 0 Å². The lowest BCUT2D eigenvalue weighted by Crippen LogP contribution is -2.14. The Morgan fingerprint density at radius 1 is 0.944 bits per heavy atom. The van der Waals surface area contributed by atoms with Crippen LogP contribution in [0.1, 0.15) is 50.2 Å². The zero-order chi connectivity index (χ0) is 26.1. The molecule has 8 heteroatoms. The minimum atomic E-state index is -4.24. The van der Waals surface area contributed by atoms with Crippen LogP contribution in [0.25, 0.3) is 5.70 Å². The lowest BCUT2D eigenvalue weighted by Gasteiger charge is -2.26. The fourth-order valence-corrected chi connectivity index (χ4v) is 4.93. The van der Waals surface area contributed by atoms with Crippen LogP contribution >= 0.6 is 7.60 Å². The van der Waals surface area contributed by atoms with Crippen molar-refractivity contribution in [2.45, 2.75) is 40.1 Å². The molecule has 36 heavy (non-hydrogen) atoms. The van der Waals surface area contributed by atoms with Crippen molar-refractivity contribution in [1.82, 2.24) is 0 Å². The summed E-state index contributed by atoms with van der Waals surface area (Å²) >= 11 is 0. The second-order valence-corrected chi connectivity index (χ2v) is 10.4. The van der Waals surface area contributed by atoms with E-state index in [0.29, 0.717) is 41.7 Å². The molecular weight excluding hydrogens is 475 g/mol. The van der Waals surface area contributed by atoms with Gasteiger partial charge in [0.2, 0.25) is 0 Å². The fourth-order valence-electron chi connectivity index (χ4n) is 3.61. The van der Waals surface area contributed by atoms with Crippen LogP contribution in [0.3, 0.4) is 0 Å². The topological polar surface area (TPSA) is 103 Å². The monoisotopic (exact) mass is 510 g/mol. The molecule has 0 aliphatic heterocycles. The third-order valence-electron chi connectivity index (χ3n) is 5.46. The van der Waals surface area contributed by atoms with Gasteiger partial charge in [0.15, 0.2) is 5.78 Å². The molecule has 0 aliphatic rings. The molecule has 0 heterocycles. The molecule has 0 aromatic heterocycles. The van der Waals surface area contributed by atoms with Crippen molar-refractivity contribution in [2.24, 2.45) is 5.73 Å². The summed E-state index contributed by atoms with van der Waals surface area (Å²) in [6.45, 7) is 8.54. The molecule has 2 atom stereocenters. The smallest absolute Gasteiger partial charge is 0.355 e. The van der Waals surface area contributed by atoms with Gasteiger partial charge in [-0.1, -0.05) is 48.0 Å². The van der Waals surface area contributed by atoms with Gasteiger partial charge in [-0.05, 0) is 68.7 Å². The summed E-state index contributed by atoms with van der Waals surface area (Å²) in [4.78, 5) is 11.2. The van der Waals surface area contributed by atoms with Crippen molar-refractivity contribution in [3.63, 3.8) is 0 Å². The zero-order valence-electron chi connectivity index (χ0n) is 21.2. The minimum absolute atomic E-state index is 0.00763. The number of rotatable bonds is 12. The van der Waals surface area contributed by atoms with Gasteiger partial charge >= 0.3 is 7.60 Å². The highest BCUT2D eigenvalue weighted by Crippen LogP contribution is 2.57. The summed E-state index contributed by atoms with van der Waals surface area (Å²) in [5, 5.41) is 3.20. The van der Waals surface area contributed by atoms with Gasteiger partial charge in [-0.25, -0.2) is 0 Å². The molecule has 2 unspecified atom stereocenters. The Bertz CT molecular complexity index is 1180. The number of nitrogens with two attached hydrogens (primary N) is 1. The van der Waals surface area contributed by atoms with E-state index in [1.165, 1.54) is 0 Å². The Hall–Kier alpha value is -3.25. The van der Waals surface area contributed by atoms with Gasteiger partial charge in [0.1, 0.15) is 11.5 Å². The molecule has 3 rings (SSSR count). The first-order valence-electron chi connectivity index (χ1n) is 11.9. The summed E-state index contributed by atoms with van der Waals surface area (Å²) in [5.41, 5.74) is 10.7. The number of anilines is 1. The van der Waals surface area contributed by atoms with Crippen LogP contribution in [0.2, 0.25) is 0 Å². The Morgan fingerprint density at radius 3 is 2.06 bits per heavy atom.